The van der Waals surface area contributed by atoms with E-state index in [0.29, 0.717) is 18.0 Å². The molecule has 0 aromatic heterocycles. The van der Waals surface area contributed by atoms with Crippen LogP contribution in [0.2, 0.25) is 0 Å². The zero-order valence-electron chi connectivity index (χ0n) is 12.9. The van der Waals surface area contributed by atoms with E-state index in [9.17, 15) is 8.42 Å². The molecule has 114 valence electrons. The van der Waals surface area contributed by atoms with E-state index >= 15 is 0 Å². The second kappa shape index (κ2) is 6.70. The lowest BCUT2D eigenvalue weighted by molar-refractivity contribution is 0.160. The fourth-order valence-electron chi connectivity index (χ4n) is 1.81. The summed E-state index contributed by atoms with van der Waals surface area (Å²) in [6, 6.07) is 6.89. The highest BCUT2D eigenvalue weighted by atomic mass is 32.2. The minimum Gasteiger partial charge on any atom is -0.326 e. The van der Waals surface area contributed by atoms with Gasteiger partial charge in [0.15, 0.2) is 9.84 Å². The van der Waals surface area contributed by atoms with E-state index in [-0.39, 0.29) is 11.3 Å². The summed E-state index contributed by atoms with van der Waals surface area (Å²) in [6.07, 6.45) is 0.978. The van der Waals surface area contributed by atoms with Gasteiger partial charge in [-0.15, -0.1) is 0 Å². The monoisotopic (exact) mass is 298 g/mol. The molecule has 5 heteroatoms. The van der Waals surface area contributed by atoms with Crippen molar-refractivity contribution in [1.29, 1.82) is 0 Å². The van der Waals surface area contributed by atoms with Crippen LogP contribution in [0.25, 0.3) is 0 Å². The highest BCUT2D eigenvalue weighted by Crippen LogP contribution is 2.18. The van der Waals surface area contributed by atoms with Crippen LogP contribution in [-0.2, 0) is 16.4 Å². The molecule has 0 saturated heterocycles. The molecular weight excluding hydrogens is 272 g/mol. The Hall–Kier alpha value is -0.910. The van der Waals surface area contributed by atoms with Crippen molar-refractivity contribution in [2.75, 3.05) is 19.3 Å². The van der Waals surface area contributed by atoms with Gasteiger partial charge < -0.3 is 10.6 Å². The Kier molecular flexibility index (Phi) is 5.74. The summed E-state index contributed by atoms with van der Waals surface area (Å²) in [5.41, 5.74) is 6.41. The molecule has 0 aliphatic heterocycles. The first-order valence-electron chi connectivity index (χ1n) is 6.96. The Labute approximate surface area is 122 Å². The second-order valence-electron chi connectivity index (χ2n) is 5.76. The lowest BCUT2D eigenvalue weighted by Crippen LogP contribution is -2.42. The van der Waals surface area contributed by atoms with Gasteiger partial charge in [-0.05, 0) is 45.0 Å². The maximum absolute atomic E-state index is 12.4. The van der Waals surface area contributed by atoms with Crippen LogP contribution in [0.15, 0.2) is 29.2 Å². The summed E-state index contributed by atoms with van der Waals surface area (Å²) in [6.45, 7) is 7.22. The summed E-state index contributed by atoms with van der Waals surface area (Å²) in [5.74, 6) is 0.126. The van der Waals surface area contributed by atoms with Crippen molar-refractivity contribution >= 4 is 9.84 Å². The van der Waals surface area contributed by atoms with Crippen molar-refractivity contribution in [2.24, 2.45) is 5.73 Å². The van der Waals surface area contributed by atoms with Crippen LogP contribution >= 0.6 is 0 Å². The standard InChI is InChI=1S/C15H26N2O2S/c1-5-15(2,3)17(4)9-10-20(18,19)14-8-6-7-13(11-14)12-16/h6-8,11H,5,9-10,12,16H2,1-4H3. The van der Waals surface area contributed by atoms with Gasteiger partial charge in [0.1, 0.15) is 0 Å². The molecule has 1 aromatic carbocycles. The van der Waals surface area contributed by atoms with E-state index in [1.807, 2.05) is 13.1 Å². The van der Waals surface area contributed by atoms with E-state index in [2.05, 4.69) is 25.7 Å². The van der Waals surface area contributed by atoms with E-state index < -0.39 is 9.84 Å². The molecule has 0 radical (unpaired) electrons. The van der Waals surface area contributed by atoms with Crippen LogP contribution in [0.4, 0.5) is 0 Å². The molecule has 0 aliphatic rings. The van der Waals surface area contributed by atoms with Gasteiger partial charge in [0.05, 0.1) is 10.6 Å². The van der Waals surface area contributed by atoms with Crippen molar-refractivity contribution in [3.8, 4) is 0 Å². The lowest BCUT2D eigenvalue weighted by atomic mass is 10.0. The zero-order chi connectivity index (χ0) is 15.4. The molecule has 0 amide bonds. The maximum Gasteiger partial charge on any atom is 0.179 e. The van der Waals surface area contributed by atoms with Crippen LogP contribution in [0.3, 0.4) is 0 Å². The molecular formula is C15H26N2O2S. The number of rotatable bonds is 7. The van der Waals surface area contributed by atoms with Gasteiger partial charge >= 0.3 is 0 Å². The van der Waals surface area contributed by atoms with E-state index in [1.54, 1.807) is 18.2 Å². The number of hydrogen-bond donors (Lipinski definition) is 1. The Balaban J connectivity index is 2.80. The zero-order valence-corrected chi connectivity index (χ0v) is 13.7. The predicted molar refractivity (Wildman–Crippen MR) is 83.4 cm³/mol. The highest BCUT2D eigenvalue weighted by Gasteiger charge is 2.23. The predicted octanol–water partition coefficient (Wildman–Crippen LogP) is 2.04. The van der Waals surface area contributed by atoms with Crippen LogP contribution < -0.4 is 5.73 Å². The van der Waals surface area contributed by atoms with Crippen LogP contribution in [0, 0.1) is 0 Å². The first-order valence-corrected chi connectivity index (χ1v) is 8.61. The maximum atomic E-state index is 12.4. The molecule has 1 rings (SSSR count). The number of nitrogens with two attached hydrogens (primary N) is 1. The molecule has 0 bridgehead atoms. The molecule has 0 spiro atoms. The third-order valence-corrected chi connectivity index (χ3v) is 5.78. The molecule has 0 fully saturated rings. The van der Waals surface area contributed by atoms with Crippen molar-refractivity contribution in [3.05, 3.63) is 29.8 Å². The van der Waals surface area contributed by atoms with Gasteiger partial charge in [0.2, 0.25) is 0 Å². The largest absolute Gasteiger partial charge is 0.326 e. The summed E-state index contributed by atoms with van der Waals surface area (Å²) in [5, 5.41) is 0. The fourth-order valence-corrected chi connectivity index (χ4v) is 3.18. The third kappa shape index (κ3) is 4.30. The van der Waals surface area contributed by atoms with Gasteiger partial charge in [0, 0.05) is 18.6 Å². The molecule has 0 saturated carbocycles. The third-order valence-electron chi connectivity index (χ3n) is 4.09. The average Bonchev–Trinajstić information content (AvgIpc) is 2.44. The van der Waals surface area contributed by atoms with Crippen LogP contribution in [0.1, 0.15) is 32.8 Å². The Morgan fingerprint density at radius 1 is 1.30 bits per heavy atom. The highest BCUT2D eigenvalue weighted by molar-refractivity contribution is 7.91. The smallest absolute Gasteiger partial charge is 0.179 e. The summed E-state index contributed by atoms with van der Waals surface area (Å²) >= 11 is 0. The normalized spacial score (nSPS) is 12.9. The summed E-state index contributed by atoms with van der Waals surface area (Å²) in [7, 11) is -1.29. The number of hydrogen-bond acceptors (Lipinski definition) is 4. The van der Waals surface area contributed by atoms with Crippen LogP contribution in [-0.4, -0.2) is 38.2 Å². The Morgan fingerprint density at radius 3 is 2.50 bits per heavy atom. The van der Waals surface area contributed by atoms with E-state index in [4.69, 9.17) is 5.73 Å². The van der Waals surface area contributed by atoms with Gasteiger partial charge in [-0.25, -0.2) is 8.42 Å². The molecule has 0 aliphatic carbocycles. The van der Waals surface area contributed by atoms with E-state index in [1.165, 1.54) is 0 Å². The summed E-state index contributed by atoms with van der Waals surface area (Å²) in [4.78, 5) is 2.46. The van der Waals surface area contributed by atoms with Gasteiger partial charge in [-0.1, -0.05) is 19.1 Å². The molecule has 1 aromatic rings. The van der Waals surface area contributed by atoms with Gasteiger partial charge in [-0.3, -0.25) is 0 Å². The SMILES string of the molecule is CCC(C)(C)N(C)CCS(=O)(=O)c1cccc(CN)c1. The molecule has 0 unspecified atom stereocenters. The Bertz CT molecular complexity index is 539. The Morgan fingerprint density at radius 2 is 1.95 bits per heavy atom. The summed E-state index contributed by atoms with van der Waals surface area (Å²) < 4.78 is 24.7. The molecule has 4 nitrogen and oxygen atoms in total. The second-order valence-corrected chi connectivity index (χ2v) is 7.87. The van der Waals surface area contributed by atoms with Crippen molar-refractivity contribution in [3.63, 3.8) is 0 Å². The van der Waals surface area contributed by atoms with Crippen LogP contribution in [0.5, 0.6) is 0 Å². The number of benzene rings is 1. The minimum atomic E-state index is -3.25. The van der Waals surface area contributed by atoms with E-state index in [0.717, 1.165) is 12.0 Å². The first-order chi connectivity index (χ1) is 9.23. The van der Waals surface area contributed by atoms with Crippen molar-refractivity contribution in [1.82, 2.24) is 4.90 Å². The quantitative estimate of drug-likeness (QED) is 0.836. The molecule has 20 heavy (non-hydrogen) atoms. The van der Waals surface area contributed by atoms with Gasteiger partial charge in [0.25, 0.3) is 0 Å². The topological polar surface area (TPSA) is 63.4 Å². The molecule has 0 atom stereocenters. The number of nitrogens with zero attached hydrogens (tertiary/aromatic N) is 1. The minimum absolute atomic E-state index is 0.00856. The fraction of sp³-hybridized carbons (Fsp3) is 0.600. The van der Waals surface area contributed by atoms with Crippen molar-refractivity contribution < 1.29 is 8.42 Å². The van der Waals surface area contributed by atoms with Crippen molar-refractivity contribution in [2.45, 2.75) is 44.2 Å². The molecule has 2 N–H and O–H groups in total. The average molecular weight is 298 g/mol. The van der Waals surface area contributed by atoms with Gasteiger partial charge in [-0.2, -0.15) is 0 Å². The molecule has 0 heterocycles. The number of sulfone groups is 1. The first kappa shape index (κ1) is 17.1. The lowest BCUT2D eigenvalue weighted by Gasteiger charge is -2.34.